The standard InChI is InChI=1S/C16H20N4O/c1-3-9-20-13(10-21-4-2)19-14-15(20)11-7-5-6-8-12(11)18-16(14)17/h5-8H,3-4,9-10H2,1-2H3,(H2,17,18). The van der Waals surface area contributed by atoms with Gasteiger partial charge in [-0.05, 0) is 19.4 Å². The number of rotatable bonds is 5. The molecule has 0 aliphatic carbocycles. The van der Waals surface area contributed by atoms with E-state index in [4.69, 9.17) is 10.5 Å². The van der Waals surface area contributed by atoms with Gasteiger partial charge in [0.1, 0.15) is 17.9 Å². The Kier molecular flexibility index (Phi) is 3.75. The van der Waals surface area contributed by atoms with Crippen LogP contribution in [0.5, 0.6) is 0 Å². The Balaban J connectivity index is 2.32. The number of aromatic nitrogens is 3. The van der Waals surface area contributed by atoms with Gasteiger partial charge in [0.05, 0.1) is 11.0 Å². The first kappa shape index (κ1) is 13.8. The molecule has 110 valence electrons. The molecular formula is C16H20N4O. The summed E-state index contributed by atoms with van der Waals surface area (Å²) in [5.41, 5.74) is 8.85. The molecular weight excluding hydrogens is 264 g/mol. The number of nitrogens with zero attached hydrogens (tertiary/aromatic N) is 3. The van der Waals surface area contributed by atoms with Gasteiger partial charge in [0.25, 0.3) is 0 Å². The predicted octanol–water partition coefficient (Wildman–Crippen LogP) is 3.11. The lowest BCUT2D eigenvalue weighted by Gasteiger charge is -2.09. The second kappa shape index (κ2) is 5.69. The van der Waals surface area contributed by atoms with Crippen LogP contribution in [0.2, 0.25) is 0 Å². The summed E-state index contributed by atoms with van der Waals surface area (Å²) in [4.78, 5) is 9.13. The number of imidazole rings is 1. The number of aryl methyl sites for hydroxylation is 1. The molecule has 2 N–H and O–H groups in total. The number of fused-ring (bicyclic) bond motifs is 3. The van der Waals surface area contributed by atoms with Gasteiger partial charge < -0.3 is 15.0 Å². The highest BCUT2D eigenvalue weighted by atomic mass is 16.5. The van der Waals surface area contributed by atoms with E-state index in [1.807, 2.05) is 25.1 Å². The zero-order valence-corrected chi connectivity index (χ0v) is 12.5. The van der Waals surface area contributed by atoms with E-state index in [2.05, 4.69) is 27.5 Å². The van der Waals surface area contributed by atoms with Crippen LogP contribution in [0.3, 0.4) is 0 Å². The quantitative estimate of drug-likeness (QED) is 0.781. The highest BCUT2D eigenvalue weighted by Crippen LogP contribution is 2.29. The third-order valence-corrected chi connectivity index (χ3v) is 3.57. The van der Waals surface area contributed by atoms with Crippen molar-refractivity contribution in [3.63, 3.8) is 0 Å². The molecule has 2 heterocycles. The molecule has 5 nitrogen and oxygen atoms in total. The Bertz CT molecular complexity index is 779. The van der Waals surface area contributed by atoms with E-state index in [-0.39, 0.29) is 0 Å². The average Bonchev–Trinajstić information content (AvgIpc) is 2.85. The van der Waals surface area contributed by atoms with Crippen LogP contribution in [0.4, 0.5) is 5.82 Å². The van der Waals surface area contributed by atoms with Crippen molar-refractivity contribution in [2.24, 2.45) is 0 Å². The molecule has 0 spiro atoms. The molecule has 0 atom stereocenters. The van der Waals surface area contributed by atoms with Crippen molar-refractivity contribution in [2.75, 3.05) is 12.3 Å². The van der Waals surface area contributed by atoms with Gasteiger partial charge in [-0.15, -0.1) is 0 Å². The maximum atomic E-state index is 6.10. The first-order chi connectivity index (χ1) is 10.3. The molecule has 0 amide bonds. The minimum Gasteiger partial charge on any atom is -0.382 e. The Morgan fingerprint density at radius 2 is 2.00 bits per heavy atom. The van der Waals surface area contributed by atoms with Crippen molar-refractivity contribution in [1.29, 1.82) is 0 Å². The van der Waals surface area contributed by atoms with Crippen molar-refractivity contribution >= 4 is 27.8 Å². The van der Waals surface area contributed by atoms with Crippen molar-refractivity contribution in [2.45, 2.75) is 33.4 Å². The van der Waals surface area contributed by atoms with Gasteiger partial charge in [-0.3, -0.25) is 0 Å². The summed E-state index contributed by atoms with van der Waals surface area (Å²) < 4.78 is 7.76. The van der Waals surface area contributed by atoms with Crippen LogP contribution >= 0.6 is 0 Å². The van der Waals surface area contributed by atoms with E-state index in [9.17, 15) is 0 Å². The third-order valence-electron chi connectivity index (χ3n) is 3.57. The lowest BCUT2D eigenvalue weighted by atomic mass is 10.2. The zero-order valence-electron chi connectivity index (χ0n) is 12.5. The summed E-state index contributed by atoms with van der Waals surface area (Å²) in [6.45, 7) is 6.20. The first-order valence-electron chi connectivity index (χ1n) is 7.37. The Morgan fingerprint density at radius 3 is 2.76 bits per heavy atom. The second-order valence-electron chi connectivity index (χ2n) is 5.03. The lowest BCUT2D eigenvalue weighted by Crippen LogP contribution is -2.05. The maximum absolute atomic E-state index is 6.10. The summed E-state index contributed by atoms with van der Waals surface area (Å²) in [5, 5.41) is 1.09. The molecule has 3 rings (SSSR count). The lowest BCUT2D eigenvalue weighted by molar-refractivity contribution is 0.126. The highest BCUT2D eigenvalue weighted by Gasteiger charge is 2.16. The van der Waals surface area contributed by atoms with Crippen LogP contribution in [-0.2, 0) is 17.9 Å². The maximum Gasteiger partial charge on any atom is 0.152 e. The summed E-state index contributed by atoms with van der Waals surface area (Å²) in [6.07, 6.45) is 1.03. The average molecular weight is 284 g/mol. The van der Waals surface area contributed by atoms with E-state index in [0.717, 1.165) is 40.7 Å². The van der Waals surface area contributed by atoms with Gasteiger partial charge in [0, 0.05) is 18.5 Å². The monoisotopic (exact) mass is 284 g/mol. The largest absolute Gasteiger partial charge is 0.382 e. The number of nitrogen functional groups attached to an aromatic ring is 1. The van der Waals surface area contributed by atoms with Gasteiger partial charge in [-0.2, -0.15) is 0 Å². The Hall–Kier alpha value is -2.14. The summed E-state index contributed by atoms with van der Waals surface area (Å²) in [6, 6.07) is 8.05. The number of anilines is 1. The van der Waals surface area contributed by atoms with Crippen LogP contribution < -0.4 is 5.73 Å². The normalized spacial score (nSPS) is 11.5. The number of nitrogens with two attached hydrogens (primary N) is 1. The van der Waals surface area contributed by atoms with E-state index in [0.29, 0.717) is 19.0 Å². The number of hydrogen-bond donors (Lipinski definition) is 1. The van der Waals surface area contributed by atoms with Crippen LogP contribution in [0.15, 0.2) is 24.3 Å². The topological polar surface area (TPSA) is 66.0 Å². The SMILES string of the molecule is CCCn1c(COCC)nc2c(N)nc3ccccc3c21. The third kappa shape index (κ3) is 2.34. The fraction of sp³-hybridized carbons (Fsp3) is 0.375. The minimum absolute atomic E-state index is 0.483. The zero-order chi connectivity index (χ0) is 14.8. The molecule has 0 aliphatic rings. The summed E-state index contributed by atoms with van der Waals surface area (Å²) >= 11 is 0. The van der Waals surface area contributed by atoms with Crippen LogP contribution in [0, 0.1) is 0 Å². The number of para-hydroxylation sites is 1. The van der Waals surface area contributed by atoms with Crippen molar-refractivity contribution in [1.82, 2.24) is 14.5 Å². The predicted molar refractivity (Wildman–Crippen MR) is 85.1 cm³/mol. The van der Waals surface area contributed by atoms with Gasteiger partial charge in [0.2, 0.25) is 0 Å². The molecule has 1 aromatic carbocycles. The molecule has 0 unspecified atom stereocenters. The molecule has 2 aromatic heterocycles. The summed E-state index contributed by atoms with van der Waals surface area (Å²) in [5.74, 6) is 1.40. The Labute approximate surface area is 123 Å². The van der Waals surface area contributed by atoms with Gasteiger partial charge in [-0.25, -0.2) is 9.97 Å². The molecule has 0 aliphatic heterocycles. The number of benzene rings is 1. The molecule has 5 heteroatoms. The first-order valence-corrected chi connectivity index (χ1v) is 7.37. The van der Waals surface area contributed by atoms with Gasteiger partial charge in [0.15, 0.2) is 5.82 Å². The van der Waals surface area contributed by atoms with E-state index >= 15 is 0 Å². The fourth-order valence-electron chi connectivity index (χ4n) is 2.67. The smallest absolute Gasteiger partial charge is 0.152 e. The number of hydrogen-bond acceptors (Lipinski definition) is 4. The molecule has 0 radical (unpaired) electrons. The van der Waals surface area contributed by atoms with Crippen LogP contribution in [0.25, 0.3) is 21.9 Å². The van der Waals surface area contributed by atoms with Crippen molar-refractivity contribution in [3.05, 3.63) is 30.1 Å². The van der Waals surface area contributed by atoms with Crippen LogP contribution in [0.1, 0.15) is 26.1 Å². The number of pyridine rings is 1. The molecule has 0 bridgehead atoms. The van der Waals surface area contributed by atoms with Gasteiger partial charge in [-0.1, -0.05) is 25.1 Å². The second-order valence-corrected chi connectivity index (χ2v) is 5.03. The van der Waals surface area contributed by atoms with E-state index in [1.54, 1.807) is 0 Å². The van der Waals surface area contributed by atoms with E-state index in [1.165, 1.54) is 0 Å². The van der Waals surface area contributed by atoms with E-state index < -0.39 is 0 Å². The summed E-state index contributed by atoms with van der Waals surface area (Å²) in [7, 11) is 0. The molecule has 0 saturated heterocycles. The highest BCUT2D eigenvalue weighted by molar-refractivity contribution is 6.06. The molecule has 0 saturated carbocycles. The Morgan fingerprint density at radius 1 is 1.19 bits per heavy atom. The van der Waals surface area contributed by atoms with Crippen molar-refractivity contribution < 1.29 is 4.74 Å². The van der Waals surface area contributed by atoms with Crippen LogP contribution in [-0.4, -0.2) is 21.1 Å². The molecule has 3 aromatic rings. The minimum atomic E-state index is 0.483. The van der Waals surface area contributed by atoms with Crippen molar-refractivity contribution in [3.8, 4) is 0 Å². The number of ether oxygens (including phenoxy) is 1. The molecule has 0 fully saturated rings. The molecule has 21 heavy (non-hydrogen) atoms. The fourth-order valence-corrected chi connectivity index (χ4v) is 2.67. The van der Waals surface area contributed by atoms with Gasteiger partial charge >= 0.3 is 0 Å².